The maximum atomic E-state index is 9.68. The third-order valence-electron chi connectivity index (χ3n) is 6.25. The predicted molar refractivity (Wildman–Crippen MR) is 141 cm³/mol. The minimum absolute atomic E-state index is 0.113. The number of aliphatic hydroxyl groups is 1. The van der Waals surface area contributed by atoms with Crippen LogP contribution in [0.2, 0.25) is 0 Å². The highest BCUT2D eigenvalue weighted by atomic mass is 16.6. The van der Waals surface area contributed by atoms with E-state index >= 15 is 0 Å². The maximum absolute atomic E-state index is 9.68. The van der Waals surface area contributed by atoms with Gasteiger partial charge in [0.05, 0.1) is 19.7 Å². The van der Waals surface area contributed by atoms with Crippen molar-refractivity contribution < 1.29 is 11.2 Å². The highest BCUT2D eigenvalue weighted by Crippen LogP contribution is 2.38. The Morgan fingerprint density at radius 2 is 1.22 bits per heavy atom. The van der Waals surface area contributed by atoms with Crippen LogP contribution in [0.1, 0.15) is 114 Å². The highest BCUT2D eigenvalue weighted by molar-refractivity contribution is 5.09. The second-order valence-electron chi connectivity index (χ2n) is 10.3. The van der Waals surface area contributed by atoms with Gasteiger partial charge in [-0.3, -0.25) is 0 Å². The normalized spacial score (nSPS) is 20.8. The lowest BCUT2D eigenvalue weighted by Crippen LogP contribution is -2.02. The van der Waals surface area contributed by atoms with Crippen LogP contribution in [0, 0.1) is 0 Å². The van der Waals surface area contributed by atoms with E-state index in [1.807, 2.05) is 0 Å². The van der Waals surface area contributed by atoms with Crippen molar-refractivity contribution in [2.45, 2.75) is 124 Å². The monoisotopic (exact) mass is 444 g/mol. The zero-order valence-corrected chi connectivity index (χ0v) is 22.0. The molecular formula is C30H50O2. The van der Waals surface area contributed by atoms with Gasteiger partial charge < -0.3 is 9.84 Å². The first-order chi connectivity index (χ1) is 15.5. The minimum Gasteiger partial charge on any atom is -0.392 e. The first-order valence-corrected chi connectivity index (χ1v) is 12.6. The Kier molecular flexibility index (Phi) is 13.0. The molecule has 2 nitrogen and oxygen atoms in total. The number of aliphatic hydroxyl groups excluding tert-OH is 1. The first-order valence-electron chi connectivity index (χ1n) is 13.2. The van der Waals surface area contributed by atoms with Gasteiger partial charge in [0.2, 0.25) is 0 Å². The summed E-state index contributed by atoms with van der Waals surface area (Å²) in [6, 6.07) is 0. The Hall–Kier alpha value is -1.38. The van der Waals surface area contributed by atoms with Crippen LogP contribution in [-0.2, 0) is 4.74 Å². The molecule has 2 heteroatoms. The standard InChI is InChI=1S/C30H50O2/c1-24(2)13-10-19-28(23-31)20-12-18-26(4)15-9-8-14-25(3)16-11-17-27(5)21-22-29-30(6,7)32-29/h13-15,17,20,29,31H,8-12,16,18-19,21-23H2,1-7H3/b25-14+,26-15+,27-17+,28-20-/t29-/m0/s1/i23T/t23?,29-. The van der Waals surface area contributed by atoms with Crippen LogP contribution < -0.4 is 0 Å². The first kappa shape index (κ1) is 26.9. The molecule has 182 valence electrons. The Morgan fingerprint density at radius 1 is 0.750 bits per heavy atom. The largest absolute Gasteiger partial charge is 0.392 e. The number of hydrogen-bond donors (Lipinski definition) is 1. The number of ether oxygens (including phenoxy) is 1. The lowest BCUT2D eigenvalue weighted by Gasteiger charge is -2.04. The van der Waals surface area contributed by atoms with E-state index in [2.05, 4.69) is 78.8 Å². The van der Waals surface area contributed by atoms with Crippen LogP contribution in [0.3, 0.4) is 0 Å². The summed E-state index contributed by atoms with van der Waals surface area (Å²) in [6.07, 6.45) is 22.1. The SMILES string of the molecule is [3H]C(O)/C(=C\CC/C(C)=C/CC/C=C(\C)CC/C=C(\C)CC[C@@H]1OC1(C)C)CCC=C(C)C. The average molecular weight is 445 g/mol. The second kappa shape index (κ2) is 15.5. The van der Waals surface area contributed by atoms with Crippen molar-refractivity contribution in [1.82, 2.24) is 0 Å². The van der Waals surface area contributed by atoms with Crippen LogP contribution in [0.5, 0.6) is 0 Å². The second-order valence-corrected chi connectivity index (χ2v) is 10.3. The predicted octanol–water partition coefficient (Wildman–Crippen LogP) is 8.79. The Bertz CT molecular complexity index is 730. The van der Waals surface area contributed by atoms with Crippen molar-refractivity contribution in [2.75, 3.05) is 6.58 Å². The molecule has 0 radical (unpaired) electrons. The summed E-state index contributed by atoms with van der Waals surface area (Å²) >= 11 is 0. The Balaban J connectivity index is 2.25. The molecule has 0 saturated carbocycles. The Morgan fingerprint density at radius 3 is 1.72 bits per heavy atom. The molecule has 0 aliphatic carbocycles. The highest BCUT2D eigenvalue weighted by Gasteiger charge is 2.46. The zero-order valence-electron chi connectivity index (χ0n) is 23.0. The molecule has 0 aromatic heterocycles. The van der Waals surface area contributed by atoms with Crippen LogP contribution in [-0.4, -0.2) is 23.4 Å². The maximum Gasteiger partial charge on any atom is 0.0892 e. The molecule has 0 spiro atoms. The third kappa shape index (κ3) is 13.9. The van der Waals surface area contributed by atoms with Gasteiger partial charge in [-0.2, -0.15) is 0 Å². The fourth-order valence-corrected chi connectivity index (χ4v) is 3.84. The molecule has 1 N–H and O–H groups in total. The van der Waals surface area contributed by atoms with E-state index in [-0.39, 0.29) is 5.60 Å². The smallest absolute Gasteiger partial charge is 0.0892 e. The van der Waals surface area contributed by atoms with E-state index in [9.17, 15) is 5.11 Å². The summed E-state index contributed by atoms with van der Waals surface area (Å²) in [5.41, 5.74) is 6.59. The van der Waals surface area contributed by atoms with E-state index < -0.39 is 6.58 Å². The lowest BCUT2D eigenvalue weighted by atomic mass is 10.0. The van der Waals surface area contributed by atoms with Gasteiger partial charge in [0, 0.05) is 0 Å². The molecule has 0 amide bonds. The van der Waals surface area contributed by atoms with Gasteiger partial charge in [0.25, 0.3) is 0 Å². The molecule has 1 saturated heterocycles. The molecule has 32 heavy (non-hydrogen) atoms. The summed E-state index contributed by atoms with van der Waals surface area (Å²) < 4.78 is 13.3. The molecule has 0 aromatic carbocycles. The van der Waals surface area contributed by atoms with Gasteiger partial charge in [-0.05, 0) is 118 Å². The van der Waals surface area contributed by atoms with Crippen molar-refractivity contribution in [3.05, 3.63) is 58.2 Å². The van der Waals surface area contributed by atoms with Gasteiger partial charge >= 0.3 is 0 Å². The Labute approximate surface area is 200 Å². The summed E-state index contributed by atoms with van der Waals surface area (Å²) in [7, 11) is 0. The fraction of sp³-hybridized carbons (Fsp3) is 0.667. The van der Waals surface area contributed by atoms with Gasteiger partial charge in [-0.1, -0.05) is 52.7 Å². The third-order valence-corrected chi connectivity index (χ3v) is 6.25. The van der Waals surface area contributed by atoms with Crippen molar-refractivity contribution in [3.63, 3.8) is 0 Å². The summed E-state index contributed by atoms with van der Waals surface area (Å²) in [6.45, 7) is 14.1. The van der Waals surface area contributed by atoms with Gasteiger partial charge in [0.15, 0.2) is 0 Å². The molecule has 1 unspecified atom stereocenters. The van der Waals surface area contributed by atoms with Crippen molar-refractivity contribution in [1.29, 1.82) is 0 Å². The summed E-state index contributed by atoms with van der Waals surface area (Å²) in [4.78, 5) is 0. The topological polar surface area (TPSA) is 32.8 Å². The molecule has 2 atom stereocenters. The van der Waals surface area contributed by atoms with E-state index in [4.69, 9.17) is 6.11 Å². The quantitative estimate of drug-likeness (QED) is 0.146. The number of rotatable bonds is 16. The van der Waals surface area contributed by atoms with Gasteiger partial charge in [-0.15, -0.1) is 0 Å². The van der Waals surface area contributed by atoms with Crippen LogP contribution in [0.4, 0.5) is 0 Å². The lowest BCUT2D eigenvalue weighted by molar-refractivity contribution is 0.320. The molecule has 1 aliphatic heterocycles. The molecule has 0 aromatic rings. The van der Waals surface area contributed by atoms with E-state index in [1.165, 1.54) is 22.3 Å². The molecular weight excluding hydrogens is 392 g/mol. The number of allylic oxidation sites excluding steroid dienone is 9. The molecule has 1 fully saturated rings. The number of hydrogen-bond acceptors (Lipinski definition) is 2. The van der Waals surface area contributed by atoms with E-state index in [1.54, 1.807) is 0 Å². The molecule has 1 heterocycles. The van der Waals surface area contributed by atoms with E-state index in [0.717, 1.165) is 69.8 Å². The number of unbranched alkanes of at least 4 members (excludes halogenated alkanes) is 1. The fourth-order valence-electron chi connectivity index (χ4n) is 3.84. The summed E-state index contributed by atoms with van der Waals surface area (Å²) in [5, 5.41) is 9.68. The minimum atomic E-state index is -1.09. The van der Waals surface area contributed by atoms with Crippen LogP contribution in [0.25, 0.3) is 0 Å². The summed E-state index contributed by atoms with van der Waals surface area (Å²) in [5.74, 6) is 0. The number of epoxide rings is 1. The van der Waals surface area contributed by atoms with Crippen LogP contribution >= 0.6 is 0 Å². The van der Waals surface area contributed by atoms with Gasteiger partial charge in [-0.25, -0.2) is 0 Å². The average Bonchev–Trinajstić information content (AvgIpc) is 3.34. The van der Waals surface area contributed by atoms with Crippen molar-refractivity contribution >= 4 is 0 Å². The molecule has 1 aliphatic rings. The molecule has 1 rings (SSSR count). The van der Waals surface area contributed by atoms with Crippen LogP contribution in [0.15, 0.2) is 58.2 Å². The molecule has 0 bridgehead atoms. The van der Waals surface area contributed by atoms with Crippen molar-refractivity contribution in [2.24, 2.45) is 0 Å². The van der Waals surface area contributed by atoms with Crippen molar-refractivity contribution in [3.8, 4) is 0 Å². The van der Waals surface area contributed by atoms with Gasteiger partial charge in [0.1, 0.15) is 0 Å². The van der Waals surface area contributed by atoms with E-state index in [0.29, 0.717) is 6.10 Å². The zero-order chi connectivity index (χ0) is 24.9.